The largest absolute Gasteiger partial charge is 0.418 e. The number of rotatable bonds is 4. The summed E-state index contributed by atoms with van der Waals surface area (Å²) < 4.78 is 47.0. The molecule has 2 heterocycles. The molecule has 0 atom stereocenters. The molecule has 1 aromatic carbocycles. The van der Waals surface area contributed by atoms with Gasteiger partial charge in [0.1, 0.15) is 5.69 Å². The maximum absolute atomic E-state index is 13.8. The van der Waals surface area contributed by atoms with E-state index in [-0.39, 0.29) is 29.0 Å². The highest BCUT2D eigenvalue weighted by molar-refractivity contribution is 5.88. The van der Waals surface area contributed by atoms with Crippen LogP contribution in [0.1, 0.15) is 61.1 Å². The van der Waals surface area contributed by atoms with E-state index in [4.69, 9.17) is 4.42 Å². The van der Waals surface area contributed by atoms with E-state index >= 15 is 0 Å². The Kier molecular flexibility index (Phi) is 4.26. The van der Waals surface area contributed by atoms with Gasteiger partial charge in [-0.3, -0.25) is 0 Å². The Morgan fingerprint density at radius 2 is 1.79 bits per heavy atom. The van der Waals surface area contributed by atoms with Gasteiger partial charge < -0.3 is 9.73 Å². The summed E-state index contributed by atoms with van der Waals surface area (Å²) in [6.07, 6.45) is 1.80. The molecule has 2 saturated carbocycles. The molecule has 0 amide bonds. The fourth-order valence-corrected chi connectivity index (χ4v) is 4.12. The highest BCUT2D eigenvalue weighted by atomic mass is 19.4. The van der Waals surface area contributed by atoms with Crippen LogP contribution in [-0.4, -0.2) is 21.2 Å². The third-order valence-electron chi connectivity index (χ3n) is 5.82. The molecule has 0 aliphatic heterocycles. The second kappa shape index (κ2) is 6.71. The molecule has 2 aliphatic rings. The van der Waals surface area contributed by atoms with Crippen LogP contribution in [0.25, 0.3) is 22.5 Å². The van der Waals surface area contributed by atoms with Gasteiger partial charge in [-0.2, -0.15) is 13.2 Å². The number of halogens is 3. The first-order valence-corrected chi connectivity index (χ1v) is 10.0. The van der Waals surface area contributed by atoms with Crippen molar-refractivity contribution in [2.75, 3.05) is 5.32 Å². The van der Waals surface area contributed by atoms with E-state index in [0.717, 1.165) is 44.1 Å². The average molecular weight is 402 g/mol. The van der Waals surface area contributed by atoms with Crippen LogP contribution >= 0.6 is 0 Å². The predicted molar refractivity (Wildman–Crippen MR) is 103 cm³/mol. The van der Waals surface area contributed by atoms with Crippen molar-refractivity contribution in [3.63, 3.8) is 0 Å². The molecule has 1 N–H and O–H groups in total. The number of anilines is 1. The minimum atomic E-state index is -4.48. The molecular formula is C21H21F3N4O. The van der Waals surface area contributed by atoms with Crippen LogP contribution in [-0.2, 0) is 6.18 Å². The second-order valence-corrected chi connectivity index (χ2v) is 8.10. The number of aryl methyl sites for hydroxylation is 1. The summed E-state index contributed by atoms with van der Waals surface area (Å²) in [6, 6.07) is 5.39. The summed E-state index contributed by atoms with van der Waals surface area (Å²) >= 11 is 0. The van der Waals surface area contributed by atoms with E-state index < -0.39 is 11.7 Å². The van der Waals surface area contributed by atoms with E-state index in [0.29, 0.717) is 17.0 Å². The summed E-state index contributed by atoms with van der Waals surface area (Å²) in [5.74, 6) is 0.342. The number of pyridine rings is 1. The lowest BCUT2D eigenvalue weighted by atomic mass is 9.98. The van der Waals surface area contributed by atoms with Crippen molar-refractivity contribution in [2.24, 2.45) is 0 Å². The summed E-state index contributed by atoms with van der Waals surface area (Å²) in [5.41, 5.74) is 0.933. The molecule has 3 aromatic rings. The lowest BCUT2D eigenvalue weighted by Crippen LogP contribution is -2.14. The van der Waals surface area contributed by atoms with Crippen molar-refractivity contribution in [1.29, 1.82) is 0 Å². The molecule has 2 fully saturated rings. The zero-order valence-electron chi connectivity index (χ0n) is 16.0. The molecule has 0 radical (unpaired) electrons. The van der Waals surface area contributed by atoms with E-state index in [9.17, 15) is 13.2 Å². The van der Waals surface area contributed by atoms with E-state index in [1.54, 1.807) is 13.0 Å². The van der Waals surface area contributed by atoms with Gasteiger partial charge in [0, 0.05) is 11.4 Å². The second-order valence-electron chi connectivity index (χ2n) is 8.10. The SMILES string of the molecule is Cc1cc(-c2nnc(NC3CCCC3)o2)nc2c(C(F)(F)F)cc(C3CC3)cc12. The molecule has 2 aliphatic carbocycles. The smallest absolute Gasteiger partial charge is 0.402 e. The number of alkyl halides is 3. The average Bonchev–Trinajstić information content (AvgIpc) is 3.20. The lowest BCUT2D eigenvalue weighted by Gasteiger charge is -2.14. The first kappa shape index (κ1) is 18.4. The topological polar surface area (TPSA) is 63.8 Å². The molecule has 0 saturated heterocycles. The normalized spacial score (nSPS) is 17.9. The van der Waals surface area contributed by atoms with Gasteiger partial charge in [0.15, 0.2) is 0 Å². The Balaban J connectivity index is 1.57. The summed E-state index contributed by atoms with van der Waals surface area (Å²) in [5, 5.41) is 11.7. The van der Waals surface area contributed by atoms with Crippen LogP contribution in [0.4, 0.5) is 19.2 Å². The molecular weight excluding hydrogens is 381 g/mol. The Morgan fingerprint density at radius 1 is 1.03 bits per heavy atom. The Bertz CT molecular complexity index is 1070. The molecule has 152 valence electrons. The highest BCUT2D eigenvalue weighted by Gasteiger charge is 2.36. The molecule has 29 heavy (non-hydrogen) atoms. The number of nitrogens with one attached hydrogen (secondary N) is 1. The fourth-order valence-electron chi connectivity index (χ4n) is 4.12. The van der Waals surface area contributed by atoms with Crippen molar-refractivity contribution in [3.05, 3.63) is 34.9 Å². The molecule has 0 bridgehead atoms. The Morgan fingerprint density at radius 3 is 2.48 bits per heavy atom. The van der Waals surface area contributed by atoms with Crippen molar-refractivity contribution in [2.45, 2.75) is 63.6 Å². The Hall–Kier alpha value is -2.64. The van der Waals surface area contributed by atoms with Gasteiger partial charge in [-0.05, 0) is 67.9 Å². The number of aromatic nitrogens is 3. The number of hydrogen-bond acceptors (Lipinski definition) is 5. The minimum absolute atomic E-state index is 0.0691. The number of fused-ring (bicyclic) bond motifs is 1. The molecule has 2 aromatic heterocycles. The fraction of sp³-hybridized carbons (Fsp3) is 0.476. The van der Waals surface area contributed by atoms with E-state index in [2.05, 4.69) is 20.5 Å². The van der Waals surface area contributed by atoms with Gasteiger partial charge in [-0.1, -0.05) is 17.9 Å². The monoisotopic (exact) mass is 402 g/mol. The molecule has 5 nitrogen and oxygen atoms in total. The van der Waals surface area contributed by atoms with Crippen molar-refractivity contribution < 1.29 is 17.6 Å². The van der Waals surface area contributed by atoms with Crippen molar-refractivity contribution in [3.8, 4) is 11.6 Å². The lowest BCUT2D eigenvalue weighted by molar-refractivity contribution is -0.136. The van der Waals surface area contributed by atoms with Crippen LogP contribution in [0.15, 0.2) is 22.6 Å². The van der Waals surface area contributed by atoms with Gasteiger partial charge in [0.05, 0.1) is 11.1 Å². The standard InChI is InChI=1S/C21H21F3N4O/c1-11-8-17(19-27-28-20(29-19)25-14-4-2-3-5-14)26-18-15(11)9-13(12-6-7-12)10-16(18)21(22,23)24/h8-10,12,14H,2-7H2,1H3,(H,25,28). The van der Waals surface area contributed by atoms with Gasteiger partial charge in [0.25, 0.3) is 5.89 Å². The first-order chi connectivity index (χ1) is 13.9. The minimum Gasteiger partial charge on any atom is -0.402 e. The summed E-state index contributed by atoms with van der Waals surface area (Å²) in [4.78, 5) is 4.29. The van der Waals surface area contributed by atoms with Crippen LogP contribution in [0.2, 0.25) is 0 Å². The summed E-state index contributed by atoms with van der Waals surface area (Å²) in [6.45, 7) is 1.79. The van der Waals surface area contributed by atoms with Crippen molar-refractivity contribution in [1.82, 2.24) is 15.2 Å². The number of benzene rings is 1. The van der Waals surface area contributed by atoms with E-state index in [1.165, 1.54) is 6.07 Å². The zero-order valence-corrected chi connectivity index (χ0v) is 16.0. The third-order valence-corrected chi connectivity index (χ3v) is 5.82. The zero-order chi connectivity index (χ0) is 20.2. The number of hydrogen-bond donors (Lipinski definition) is 1. The quantitative estimate of drug-likeness (QED) is 0.594. The van der Waals surface area contributed by atoms with Crippen LogP contribution in [0.3, 0.4) is 0 Å². The maximum atomic E-state index is 13.8. The third kappa shape index (κ3) is 3.56. The first-order valence-electron chi connectivity index (χ1n) is 10.0. The van der Waals surface area contributed by atoms with Crippen LogP contribution in [0, 0.1) is 6.92 Å². The maximum Gasteiger partial charge on any atom is 0.418 e. The highest BCUT2D eigenvalue weighted by Crippen LogP contribution is 2.45. The van der Waals surface area contributed by atoms with Crippen molar-refractivity contribution >= 4 is 16.9 Å². The molecule has 0 unspecified atom stereocenters. The van der Waals surface area contributed by atoms with Gasteiger partial charge in [-0.15, -0.1) is 5.10 Å². The molecule has 0 spiro atoms. The number of nitrogens with zero attached hydrogens (tertiary/aromatic N) is 3. The van der Waals surface area contributed by atoms with Gasteiger partial charge in [0.2, 0.25) is 0 Å². The molecule has 8 heteroatoms. The van der Waals surface area contributed by atoms with Gasteiger partial charge >= 0.3 is 12.2 Å². The Labute approximate surface area is 165 Å². The van der Waals surface area contributed by atoms with Crippen LogP contribution in [0.5, 0.6) is 0 Å². The van der Waals surface area contributed by atoms with Gasteiger partial charge in [-0.25, -0.2) is 4.98 Å². The predicted octanol–water partition coefficient (Wildman–Crippen LogP) is 5.84. The van der Waals surface area contributed by atoms with E-state index in [1.807, 2.05) is 6.07 Å². The molecule has 5 rings (SSSR count). The summed E-state index contributed by atoms with van der Waals surface area (Å²) in [7, 11) is 0. The van der Waals surface area contributed by atoms with Crippen LogP contribution < -0.4 is 5.32 Å².